The Morgan fingerprint density at radius 2 is 1.87 bits per heavy atom. The molecule has 0 aliphatic rings. The molecular weight excluding hydrogens is 292 g/mol. The fraction of sp³-hybridized carbons (Fsp3) is 0.389. The van der Waals surface area contributed by atoms with Crippen molar-refractivity contribution in [3.05, 3.63) is 41.6 Å². The Morgan fingerprint density at radius 3 is 2.65 bits per heavy atom. The summed E-state index contributed by atoms with van der Waals surface area (Å²) in [5, 5.41) is 12.4. The lowest BCUT2D eigenvalue weighted by molar-refractivity contribution is -0.137. The number of pyridine rings is 1. The maximum Gasteiger partial charge on any atom is 0.303 e. The van der Waals surface area contributed by atoms with Gasteiger partial charge in [-0.05, 0) is 31.9 Å². The monoisotopic (exact) mass is 314 g/mol. The average Bonchev–Trinajstić information content (AvgIpc) is 2.52. The topological polar surface area (TPSA) is 79.3 Å². The van der Waals surface area contributed by atoms with E-state index in [9.17, 15) is 9.59 Å². The number of unbranched alkanes of at least 4 members (excludes halogenated alkanes) is 3. The van der Waals surface area contributed by atoms with E-state index in [1.165, 1.54) is 0 Å². The summed E-state index contributed by atoms with van der Waals surface area (Å²) < 4.78 is 0. The Kier molecular flexibility index (Phi) is 6.09. The van der Waals surface area contributed by atoms with Gasteiger partial charge in [-0.25, -0.2) is 0 Å². The Labute approximate surface area is 135 Å². The van der Waals surface area contributed by atoms with Gasteiger partial charge in [0.2, 0.25) is 0 Å². The number of aromatic nitrogens is 1. The van der Waals surface area contributed by atoms with Crippen molar-refractivity contribution in [2.24, 2.45) is 0 Å². The van der Waals surface area contributed by atoms with Crippen LogP contribution in [0, 0.1) is 6.92 Å². The summed E-state index contributed by atoms with van der Waals surface area (Å²) in [4.78, 5) is 27.2. The van der Waals surface area contributed by atoms with Crippen LogP contribution in [0.4, 0.5) is 0 Å². The van der Waals surface area contributed by atoms with Crippen LogP contribution in [0.2, 0.25) is 0 Å². The Hall–Kier alpha value is -2.43. The highest BCUT2D eigenvalue weighted by Gasteiger charge is 2.10. The molecule has 0 saturated heterocycles. The first-order valence-electron chi connectivity index (χ1n) is 7.94. The fourth-order valence-corrected chi connectivity index (χ4v) is 2.48. The Balaban J connectivity index is 1.84. The summed E-state index contributed by atoms with van der Waals surface area (Å²) in [5.41, 5.74) is 2.21. The van der Waals surface area contributed by atoms with E-state index in [1.54, 1.807) is 6.07 Å². The van der Waals surface area contributed by atoms with Gasteiger partial charge in [-0.3, -0.25) is 14.6 Å². The number of rotatable bonds is 8. The number of carbonyl (C=O) groups excluding carboxylic acids is 1. The zero-order chi connectivity index (χ0) is 16.7. The molecule has 122 valence electrons. The maximum atomic E-state index is 12.3. The second kappa shape index (κ2) is 8.27. The van der Waals surface area contributed by atoms with Crippen LogP contribution in [0.15, 0.2) is 30.3 Å². The van der Waals surface area contributed by atoms with E-state index in [0.29, 0.717) is 18.5 Å². The fourth-order valence-electron chi connectivity index (χ4n) is 2.48. The minimum absolute atomic E-state index is 0.112. The smallest absolute Gasteiger partial charge is 0.303 e. The zero-order valence-corrected chi connectivity index (χ0v) is 13.3. The number of hydrogen-bond acceptors (Lipinski definition) is 3. The van der Waals surface area contributed by atoms with Gasteiger partial charge in [0.15, 0.2) is 0 Å². The molecule has 0 radical (unpaired) electrons. The summed E-state index contributed by atoms with van der Waals surface area (Å²) >= 11 is 0. The van der Waals surface area contributed by atoms with Crippen molar-refractivity contribution in [2.45, 2.75) is 39.0 Å². The van der Waals surface area contributed by atoms with Crippen molar-refractivity contribution in [1.29, 1.82) is 0 Å². The number of aliphatic carboxylic acids is 1. The first kappa shape index (κ1) is 16.9. The zero-order valence-electron chi connectivity index (χ0n) is 13.3. The third kappa shape index (κ3) is 5.06. The number of amides is 1. The predicted molar refractivity (Wildman–Crippen MR) is 89.5 cm³/mol. The molecule has 0 spiro atoms. The van der Waals surface area contributed by atoms with E-state index in [4.69, 9.17) is 5.11 Å². The van der Waals surface area contributed by atoms with Crippen LogP contribution in [0.1, 0.15) is 48.2 Å². The minimum atomic E-state index is -0.753. The molecule has 1 aromatic carbocycles. The Morgan fingerprint density at radius 1 is 1.09 bits per heavy atom. The second-order valence-electron chi connectivity index (χ2n) is 5.64. The van der Waals surface area contributed by atoms with Crippen LogP contribution < -0.4 is 5.32 Å². The molecule has 1 amide bonds. The number of nitrogens with one attached hydrogen (secondary N) is 1. The molecule has 0 unspecified atom stereocenters. The first-order chi connectivity index (χ1) is 11.1. The van der Waals surface area contributed by atoms with Crippen molar-refractivity contribution < 1.29 is 14.7 Å². The predicted octanol–water partition coefficient (Wildman–Crippen LogP) is 3.31. The molecule has 0 saturated carbocycles. The minimum Gasteiger partial charge on any atom is -0.481 e. The Bertz CT molecular complexity index is 698. The van der Waals surface area contributed by atoms with Gasteiger partial charge in [0.1, 0.15) is 0 Å². The van der Waals surface area contributed by atoms with Crippen LogP contribution in [0.3, 0.4) is 0 Å². The molecule has 2 aromatic rings. The molecule has 2 N–H and O–H groups in total. The maximum absolute atomic E-state index is 12.3. The van der Waals surface area contributed by atoms with E-state index >= 15 is 0 Å². The lowest BCUT2D eigenvalue weighted by Gasteiger charge is -2.08. The van der Waals surface area contributed by atoms with Crippen LogP contribution in [-0.4, -0.2) is 28.5 Å². The molecule has 0 bridgehead atoms. The van der Waals surface area contributed by atoms with E-state index < -0.39 is 5.97 Å². The summed E-state index contributed by atoms with van der Waals surface area (Å²) in [5.74, 6) is -0.865. The van der Waals surface area contributed by atoms with E-state index in [0.717, 1.165) is 35.9 Å². The molecule has 5 nitrogen and oxygen atoms in total. The third-order valence-electron chi connectivity index (χ3n) is 3.71. The molecule has 23 heavy (non-hydrogen) atoms. The highest BCUT2D eigenvalue weighted by molar-refractivity contribution is 6.05. The molecular formula is C18H22N2O3. The number of carboxylic acids is 1. The second-order valence-corrected chi connectivity index (χ2v) is 5.64. The van der Waals surface area contributed by atoms with Crippen molar-refractivity contribution in [3.8, 4) is 0 Å². The number of carboxylic acid groups (broad SMARTS) is 1. The first-order valence-corrected chi connectivity index (χ1v) is 7.94. The highest BCUT2D eigenvalue weighted by Crippen LogP contribution is 2.17. The number of fused-ring (bicyclic) bond motifs is 1. The van der Waals surface area contributed by atoms with Crippen molar-refractivity contribution >= 4 is 22.8 Å². The van der Waals surface area contributed by atoms with Crippen LogP contribution >= 0.6 is 0 Å². The van der Waals surface area contributed by atoms with Crippen LogP contribution in [-0.2, 0) is 4.79 Å². The molecule has 0 aliphatic heterocycles. The van der Waals surface area contributed by atoms with E-state index in [2.05, 4.69) is 10.3 Å². The largest absolute Gasteiger partial charge is 0.481 e. The number of para-hydroxylation sites is 1. The standard InChI is InChI=1S/C18H22N2O3/c1-13-10-11-14-7-6-8-15(17(14)20-13)18(23)19-12-5-3-2-4-9-16(21)22/h6-8,10-11H,2-5,9,12H2,1H3,(H,19,23)(H,21,22). The van der Waals surface area contributed by atoms with Gasteiger partial charge >= 0.3 is 5.97 Å². The highest BCUT2D eigenvalue weighted by atomic mass is 16.4. The molecule has 0 fully saturated rings. The number of carbonyl (C=O) groups is 2. The number of benzene rings is 1. The quantitative estimate of drug-likeness (QED) is 0.733. The molecule has 0 aliphatic carbocycles. The number of nitrogens with zero attached hydrogens (tertiary/aromatic N) is 1. The van der Waals surface area contributed by atoms with Crippen molar-refractivity contribution in [1.82, 2.24) is 10.3 Å². The van der Waals surface area contributed by atoms with Gasteiger partial charge < -0.3 is 10.4 Å². The summed E-state index contributed by atoms with van der Waals surface area (Å²) in [6.45, 7) is 2.50. The van der Waals surface area contributed by atoms with Crippen molar-refractivity contribution in [3.63, 3.8) is 0 Å². The lowest BCUT2D eigenvalue weighted by atomic mass is 10.1. The lowest BCUT2D eigenvalue weighted by Crippen LogP contribution is -2.24. The van der Waals surface area contributed by atoms with Crippen molar-refractivity contribution in [2.75, 3.05) is 6.54 Å². The number of aryl methyl sites for hydroxylation is 1. The van der Waals surface area contributed by atoms with E-state index in [-0.39, 0.29) is 12.3 Å². The molecule has 1 aromatic heterocycles. The van der Waals surface area contributed by atoms with Crippen LogP contribution in [0.25, 0.3) is 10.9 Å². The third-order valence-corrected chi connectivity index (χ3v) is 3.71. The molecule has 0 atom stereocenters. The van der Waals surface area contributed by atoms with Gasteiger partial charge in [0, 0.05) is 24.0 Å². The molecule has 5 heteroatoms. The molecule has 2 rings (SSSR count). The van der Waals surface area contributed by atoms with Gasteiger partial charge in [0.05, 0.1) is 11.1 Å². The van der Waals surface area contributed by atoms with Gasteiger partial charge in [0.25, 0.3) is 5.91 Å². The SMILES string of the molecule is Cc1ccc2cccc(C(=O)NCCCCCCC(=O)O)c2n1. The number of hydrogen-bond donors (Lipinski definition) is 2. The molecule has 1 heterocycles. The average molecular weight is 314 g/mol. The van der Waals surface area contributed by atoms with Gasteiger partial charge in [-0.15, -0.1) is 0 Å². The van der Waals surface area contributed by atoms with Gasteiger partial charge in [-0.2, -0.15) is 0 Å². The normalized spacial score (nSPS) is 10.7. The van der Waals surface area contributed by atoms with Crippen LogP contribution in [0.5, 0.6) is 0 Å². The van der Waals surface area contributed by atoms with Gasteiger partial charge in [-0.1, -0.05) is 31.0 Å². The van der Waals surface area contributed by atoms with E-state index in [1.807, 2.05) is 31.2 Å². The summed E-state index contributed by atoms with van der Waals surface area (Å²) in [7, 11) is 0. The summed E-state index contributed by atoms with van der Waals surface area (Å²) in [6, 6.07) is 9.50. The summed E-state index contributed by atoms with van der Waals surface area (Å²) in [6.07, 6.45) is 3.55.